The van der Waals surface area contributed by atoms with Crippen LogP contribution in [0.2, 0.25) is 5.02 Å². The van der Waals surface area contributed by atoms with Crippen molar-refractivity contribution in [2.75, 3.05) is 0 Å². The summed E-state index contributed by atoms with van der Waals surface area (Å²) in [5.74, 6) is -1.58. The molecular formula is C10H6BrClO3. The van der Waals surface area contributed by atoms with Crippen molar-refractivity contribution in [3.05, 3.63) is 33.3 Å². The minimum atomic E-state index is -0.557. The SMILES string of the molecule is O=C1CC(c2ccc(Br)cc2Cl)C(=O)O1. The van der Waals surface area contributed by atoms with Crippen LogP contribution in [0.15, 0.2) is 22.7 Å². The lowest BCUT2D eigenvalue weighted by molar-refractivity contribution is -0.152. The standard InChI is InChI=1S/C10H6BrClO3/c11-5-1-2-6(8(12)3-5)7-4-9(13)15-10(7)14/h1-3,7H,4H2. The van der Waals surface area contributed by atoms with E-state index in [-0.39, 0.29) is 6.42 Å². The van der Waals surface area contributed by atoms with Gasteiger partial charge in [0.1, 0.15) is 0 Å². The normalized spacial score (nSPS) is 20.5. The predicted molar refractivity (Wildman–Crippen MR) is 57.6 cm³/mol. The lowest BCUT2D eigenvalue weighted by Crippen LogP contribution is -2.06. The second-order valence-electron chi connectivity index (χ2n) is 3.22. The highest BCUT2D eigenvalue weighted by atomic mass is 79.9. The highest BCUT2D eigenvalue weighted by Crippen LogP contribution is 2.33. The number of carbonyl (C=O) groups excluding carboxylic acids is 2. The molecular weight excluding hydrogens is 283 g/mol. The molecule has 1 heterocycles. The van der Waals surface area contributed by atoms with Crippen molar-refractivity contribution in [3.63, 3.8) is 0 Å². The summed E-state index contributed by atoms with van der Waals surface area (Å²) in [6.07, 6.45) is 0.0696. The lowest BCUT2D eigenvalue weighted by atomic mass is 9.98. The number of ether oxygens (including phenoxy) is 1. The first-order valence-corrected chi connectivity index (χ1v) is 5.44. The molecule has 0 aliphatic carbocycles. The summed E-state index contributed by atoms with van der Waals surface area (Å²) >= 11 is 9.24. The smallest absolute Gasteiger partial charge is 0.321 e. The Balaban J connectivity index is 2.38. The summed E-state index contributed by atoms with van der Waals surface area (Å²) in [5.41, 5.74) is 0.635. The molecule has 1 aliphatic heterocycles. The van der Waals surface area contributed by atoms with Gasteiger partial charge < -0.3 is 4.74 Å². The summed E-state index contributed by atoms with van der Waals surface area (Å²) in [7, 11) is 0. The number of carbonyl (C=O) groups is 2. The number of hydrogen-bond donors (Lipinski definition) is 0. The molecule has 1 aromatic carbocycles. The third kappa shape index (κ3) is 2.06. The van der Waals surface area contributed by atoms with E-state index < -0.39 is 17.9 Å². The van der Waals surface area contributed by atoms with Gasteiger partial charge in [-0.3, -0.25) is 9.59 Å². The number of rotatable bonds is 1. The van der Waals surface area contributed by atoms with Gasteiger partial charge in [0.2, 0.25) is 0 Å². The fourth-order valence-corrected chi connectivity index (χ4v) is 2.30. The van der Waals surface area contributed by atoms with Gasteiger partial charge in [0.05, 0.1) is 12.3 Å². The van der Waals surface area contributed by atoms with Crippen LogP contribution in [0, 0.1) is 0 Å². The van der Waals surface area contributed by atoms with Gasteiger partial charge in [-0.05, 0) is 17.7 Å². The molecule has 78 valence electrons. The van der Waals surface area contributed by atoms with Gasteiger partial charge in [-0.2, -0.15) is 0 Å². The molecule has 0 saturated carbocycles. The molecule has 5 heteroatoms. The van der Waals surface area contributed by atoms with Crippen LogP contribution in [-0.4, -0.2) is 11.9 Å². The first-order valence-electron chi connectivity index (χ1n) is 4.27. The molecule has 0 bridgehead atoms. The van der Waals surface area contributed by atoms with Crippen molar-refractivity contribution in [2.45, 2.75) is 12.3 Å². The van der Waals surface area contributed by atoms with E-state index >= 15 is 0 Å². The Labute approximate surface area is 99.5 Å². The Morgan fingerprint density at radius 2 is 2.13 bits per heavy atom. The van der Waals surface area contributed by atoms with Crippen LogP contribution >= 0.6 is 27.5 Å². The van der Waals surface area contributed by atoms with Crippen LogP contribution in [0.1, 0.15) is 17.9 Å². The molecule has 0 radical (unpaired) electrons. The molecule has 0 amide bonds. The van der Waals surface area contributed by atoms with Crippen molar-refractivity contribution in [2.24, 2.45) is 0 Å². The summed E-state index contributed by atoms with van der Waals surface area (Å²) in [6.45, 7) is 0. The summed E-state index contributed by atoms with van der Waals surface area (Å²) in [4.78, 5) is 22.2. The first kappa shape index (κ1) is 10.6. The van der Waals surface area contributed by atoms with Crippen LogP contribution in [-0.2, 0) is 14.3 Å². The zero-order valence-corrected chi connectivity index (χ0v) is 9.84. The largest absolute Gasteiger partial charge is 0.393 e. The Morgan fingerprint density at radius 1 is 1.40 bits per heavy atom. The summed E-state index contributed by atoms with van der Waals surface area (Å²) < 4.78 is 5.29. The maximum absolute atomic E-state index is 11.3. The first-order chi connectivity index (χ1) is 7.08. The van der Waals surface area contributed by atoms with Gasteiger partial charge in [0, 0.05) is 9.50 Å². The molecule has 1 atom stereocenters. The minimum Gasteiger partial charge on any atom is -0.393 e. The van der Waals surface area contributed by atoms with Crippen molar-refractivity contribution < 1.29 is 14.3 Å². The minimum absolute atomic E-state index is 0.0696. The molecule has 1 saturated heterocycles. The van der Waals surface area contributed by atoms with Crippen LogP contribution in [0.5, 0.6) is 0 Å². The van der Waals surface area contributed by atoms with Crippen molar-refractivity contribution in [3.8, 4) is 0 Å². The topological polar surface area (TPSA) is 43.4 Å². The summed E-state index contributed by atoms with van der Waals surface area (Å²) in [5, 5.41) is 0.459. The third-order valence-corrected chi connectivity index (χ3v) is 3.03. The maximum Gasteiger partial charge on any atom is 0.321 e. The number of esters is 2. The van der Waals surface area contributed by atoms with E-state index in [2.05, 4.69) is 20.7 Å². The predicted octanol–water partition coefficient (Wildman–Crippen LogP) is 2.66. The van der Waals surface area contributed by atoms with E-state index in [1.54, 1.807) is 18.2 Å². The molecule has 1 aromatic rings. The van der Waals surface area contributed by atoms with E-state index in [0.717, 1.165) is 4.47 Å². The summed E-state index contributed by atoms with van der Waals surface area (Å²) in [6, 6.07) is 5.18. The van der Waals surface area contributed by atoms with Gasteiger partial charge in [0.15, 0.2) is 0 Å². The Bertz CT molecular complexity index is 444. The Kier molecular flexibility index (Phi) is 2.80. The maximum atomic E-state index is 11.3. The zero-order valence-electron chi connectivity index (χ0n) is 7.50. The fourth-order valence-electron chi connectivity index (χ4n) is 1.50. The quantitative estimate of drug-likeness (QED) is 0.590. The zero-order chi connectivity index (χ0) is 11.0. The number of halogens is 2. The van der Waals surface area contributed by atoms with Gasteiger partial charge >= 0.3 is 11.9 Å². The van der Waals surface area contributed by atoms with Crippen LogP contribution in [0.3, 0.4) is 0 Å². The van der Waals surface area contributed by atoms with Crippen LogP contribution < -0.4 is 0 Å². The molecule has 15 heavy (non-hydrogen) atoms. The van der Waals surface area contributed by atoms with E-state index in [4.69, 9.17) is 11.6 Å². The van der Waals surface area contributed by atoms with Gasteiger partial charge in [-0.25, -0.2) is 0 Å². The van der Waals surface area contributed by atoms with Crippen molar-refractivity contribution in [1.82, 2.24) is 0 Å². The van der Waals surface area contributed by atoms with Crippen molar-refractivity contribution >= 4 is 39.5 Å². The lowest BCUT2D eigenvalue weighted by Gasteiger charge is -2.07. The fraction of sp³-hybridized carbons (Fsp3) is 0.200. The number of hydrogen-bond acceptors (Lipinski definition) is 3. The van der Waals surface area contributed by atoms with Gasteiger partial charge in [-0.15, -0.1) is 0 Å². The molecule has 0 N–H and O–H groups in total. The van der Waals surface area contributed by atoms with Crippen LogP contribution in [0.25, 0.3) is 0 Å². The number of benzene rings is 1. The molecule has 3 nitrogen and oxygen atoms in total. The Hall–Kier alpha value is -0.870. The average Bonchev–Trinajstić information content (AvgIpc) is 2.45. The molecule has 1 unspecified atom stereocenters. The van der Waals surface area contributed by atoms with E-state index in [0.29, 0.717) is 10.6 Å². The van der Waals surface area contributed by atoms with E-state index in [1.807, 2.05) is 0 Å². The number of cyclic esters (lactones) is 2. The van der Waals surface area contributed by atoms with Crippen LogP contribution in [0.4, 0.5) is 0 Å². The van der Waals surface area contributed by atoms with E-state index in [1.165, 1.54) is 0 Å². The second-order valence-corrected chi connectivity index (χ2v) is 4.54. The third-order valence-electron chi connectivity index (χ3n) is 2.21. The molecule has 1 aliphatic rings. The van der Waals surface area contributed by atoms with E-state index in [9.17, 15) is 9.59 Å². The Morgan fingerprint density at radius 3 is 2.67 bits per heavy atom. The molecule has 0 spiro atoms. The average molecular weight is 290 g/mol. The molecule has 0 aromatic heterocycles. The highest BCUT2D eigenvalue weighted by molar-refractivity contribution is 9.10. The van der Waals surface area contributed by atoms with Gasteiger partial charge in [-0.1, -0.05) is 33.6 Å². The van der Waals surface area contributed by atoms with Crippen molar-refractivity contribution in [1.29, 1.82) is 0 Å². The monoisotopic (exact) mass is 288 g/mol. The molecule has 1 fully saturated rings. The highest BCUT2D eigenvalue weighted by Gasteiger charge is 2.35. The van der Waals surface area contributed by atoms with Gasteiger partial charge in [0.25, 0.3) is 0 Å². The second kappa shape index (κ2) is 3.94. The molecule has 2 rings (SSSR count).